The molecule has 0 radical (unpaired) electrons. The van der Waals surface area contributed by atoms with Crippen molar-refractivity contribution in [1.82, 2.24) is 14.5 Å². The molecule has 3 aromatic rings. The number of carboxylic acid groups (broad SMARTS) is 1. The van der Waals surface area contributed by atoms with E-state index in [0.717, 1.165) is 0 Å². The zero-order valence-electron chi connectivity index (χ0n) is 20.8. The maximum absolute atomic E-state index is 14.1. The number of nitrogens with zero attached hydrogens (tertiary/aromatic N) is 3. The fourth-order valence-electron chi connectivity index (χ4n) is 4.11. The summed E-state index contributed by atoms with van der Waals surface area (Å²) in [5.41, 5.74) is 7.43. The number of carbonyl (C=O) groups excluding carboxylic acids is 1. The molecule has 1 atom stereocenters. The van der Waals surface area contributed by atoms with Crippen LogP contribution in [0.15, 0.2) is 42.5 Å². The highest BCUT2D eigenvalue weighted by Crippen LogP contribution is 2.39. The van der Waals surface area contributed by atoms with Gasteiger partial charge in [0.05, 0.1) is 17.6 Å². The van der Waals surface area contributed by atoms with Crippen LogP contribution in [0.1, 0.15) is 25.7 Å². The lowest BCUT2D eigenvalue weighted by Crippen LogP contribution is -2.46. The zero-order chi connectivity index (χ0) is 29.1. The molecule has 0 saturated heterocycles. The van der Waals surface area contributed by atoms with E-state index in [9.17, 15) is 26.7 Å². The number of carboxylic acids is 1. The number of aliphatic carboxylic acids is 1. The average molecular weight is 574 g/mol. The molecule has 210 valence electrons. The van der Waals surface area contributed by atoms with Gasteiger partial charge >= 0.3 is 12.1 Å². The van der Waals surface area contributed by atoms with E-state index in [2.05, 4.69) is 5.32 Å². The van der Waals surface area contributed by atoms with Crippen molar-refractivity contribution in [3.8, 4) is 11.3 Å². The average Bonchev–Trinajstić information content (AvgIpc) is 3.23. The Morgan fingerprint density at radius 3 is 2.28 bits per heavy atom. The molecule has 1 aromatic heterocycles. The van der Waals surface area contributed by atoms with Gasteiger partial charge in [-0.2, -0.15) is 13.2 Å². The molecule has 2 heterocycles. The van der Waals surface area contributed by atoms with Crippen LogP contribution in [0.25, 0.3) is 11.3 Å². The third-order valence-corrected chi connectivity index (χ3v) is 6.14. The molecule has 0 spiro atoms. The lowest BCUT2D eigenvalue weighted by atomic mass is 9.99. The van der Waals surface area contributed by atoms with Crippen LogP contribution in [0.5, 0.6) is 0 Å². The normalized spacial score (nSPS) is 14.9. The number of amides is 1. The van der Waals surface area contributed by atoms with Crippen LogP contribution in [-0.2, 0) is 16.1 Å². The fourth-order valence-corrected chi connectivity index (χ4v) is 4.23. The number of hydrogen-bond acceptors (Lipinski definition) is 5. The van der Waals surface area contributed by atoms with Gasteiger partial charge in [-0.05, 0) is 48.4 Å². The minimum Gasteiger partial charge on any atom is -0.475 e. The molecule has 0 fully saturated rings. The number of carbonyl (C=O) groups is 2. The molecule has 1 amide bonds. The third-order valence-electron chi connectivity index (χ3n) is 5.83. The number of halogens is 6. The highest BCUT2D eigenvalue weighted by molar-refractivity contribution is 6.30. The van der Waals surface area contributed by atoms with E-state index in [1.165, 1.54) is 24.3 Å². The summed E-state index contributed by atoms with van der Waals surface area (Å²) in [6.45, 7) is 4.91. The molecule has 14 heteroatoms. The topological polar surface area (TPSA) is 113 Å². The Kier molecular flexibility index (Phi) is 9.18. The zero-order valence-corrected chi connectivity index (χ0v) is 21.5. The second-order valence-corrected chi connectivity index (χ2v) is 9.27. The summed E-state index contributed by atoms with van der Waals surface area (Å²) in [6.07, 6.45) is -5.08. The lowest BCUT2D eigenvalue weighted by Gasteiger charge is -2.38. The predicted octanol–water partition coefficient (Wildman–Crippen LogP) is 5.36. The van der Waals surface area contributed by atoms with Gasteiger partial charge in [0.25, 0.3) is 0 Å². The van der Waals surface area contributed by atoms with E-state index in [0.29, 0.717) is 41.7 Å². The number of hydrogen-bond donors (Lipinski definition) is 3. The standard InChI is InChI=1S/C23H24ClF2N5O.C2HF3O2/c1-13(2)21-23-29-20(14-3-5-15(25)6-4-14)22(28-16-7-8-17(24)18(26)11-16)31(23)10-9-30(21)19(32)12-27;3-2(4,5)1(6)7/h3-8,11,13,21,28H,9-10,12,27H2,1-2H3;(H,6,7)/t21-;/m0./s1. The summed E-state index contributed by atoms with van der Waals surface area (Å²) < 4.78 is 61.4. The predicted molar refractivity (Wildman–Crippen MR) is 134 cm³/mol. The van der Waals surface area contributed by atoms with Crippen molar-refractivity contribution >= 4 is 35.0 Å². The van der Waals surface area contributed by atoms with Crippen molar-refractivity contribution in [2.45, 2.75) is 32.6 Å². The minimum absolute atomic E-state index is 0.0282. The van der Waals surface area contributed by atoms with Gasteiger partial charge in [-0.15, -0.1) is 0 Å². The number of nitrogens with two attached hydrogens (primary N) is 1. The highest BCUT2D eigenvalue weighted by Gasteiger charge is 2.38. The molecular weight excluding hydrogens is 549 g/mol. The number of imidazole rings is 1. The lowest BCUT2D eigenvalue weighted by molar-refractivity contribution is -0.192. The Hall–Kier alpha value is -3.71. The Balaban J connectivity index is 0.000000532. The molecule has 0 saturated carbocycles. The quantitative estimate of drug-likeness (QED) is 0.354. The van der Waals surface area contributed by atoms with Gasteiger partial charge in [0.2, 0.25) is 5.91 Å². The summed E-state index contributed by atoms with van der Waals surface area (Å²) in [5.74, 6) is -2.38. The van der Waals surface area contributed by atoms with E-state index < -0.39 is 18.0 Å². The number of fused-ring (bicyclic) bond motifs is 1. The van der Waals surface area contributed by atoms with Crippen LogP contribution in [0.2, 0.25) is 5.02 Å². The minimum atomic E-state index is -5.08. The molecule has 4 rings (SSSR count). The Morgan fingerprint density at radius 2 is 1.77 bits per heavy atom. The number of nitrogens with one attached hydrogen (secondary N) is 1. The Morgan fingerprint density at radius 1 is 1.15 bits per heavy atom. The Bertz CT molecular complexity index is 1350. The van der Waals surface area contributed by atoms with E-state index >= 15 is 0 Å². The number of alkyl halides is 3. The van der Waals surface area contributed by atoms with Crippen molar-refractivity contribution < 1.29 is 36.6 Å². The van der Waals surface area contributed by atoms with Gasteiger partial charge in [-0.1, -0.05) is 25.4 Å². The van der Waals surface area contributed by atoms with Gasteiger partial charge in [0.15, 0.2) is 0 Å². The van der Waals surface area contributed by atoms with Gasteiger partial charge in [-0.25, -0.2) is 18.6 Å². The van der Waals surface area contributed by atoms with Gasteiger partial charge < -0.3 is 25.6 Å². The third kappa shape index (κ3) is 6.84. The van der Waals surface area contributed by atoms with Crippen LogP contribution in [0.3, 0.4) is 0 Å². The Labute approximate surface area is 225 Å². The number of anilines is 2. The van der Waals surface area contributed by atoms with E-state index in [4.69, 9.17) is 32.2 Å². The first-order chi connectivity index (χ1) is 18.2. The molecule has 0 unspecified atom stereocenters. The number of rotatable bonds is 5. The van der Waals surface area contributed by atoms with Gasteiger partial charge in [0, 0.05) is 24.3 Å². The van der Waals surface area contributed by atoms with Crippen LogP contribution < -0.4 is 11.1 Å². The van der Waals surface area contributed by atoms with Crippen LogP contribution >= 0.6 is 11.6 Å². The molecule has 8 nitrogen and oxygen atoms in total. The van der Waals surface area contributed by atoms with Crippen molar-refractivity contribution in [1.29, 1.82) is 0 Å². The first-order valence-electron chi connectivity index (χ1n) is 11.6. The maximum atomic E-state index is 14.1. The van der Waals surface area contributed by atoms with E-state index in [1.807, 2.05) is 18.4 Å². The molecule has 1 aliphatic rings. The molecular formula is C25H25ClF5N5O3. The summed E-state index contributed by atoms with van der Waals surface area (Å²) in [4.78, 5) is 28.0. The summed E-state index contributed by atoms with van der Waals surface area (Å²) in [5, 5.41) is 10.4. The summed E-state index contributed by atoms with van der Waals surface area (Å²) in [6, 6.07) is 10.2. The van der Waals surface area contributed by atoms with Gasteiger partial charge in [-0.3, -0.25) is 4.79 Å². The van der Waals surface area contributed by atoms with Crippen molar-refractivity contribution in [3.63, 3.8) is 0 Å². The monoisotopic (exact) mass is 573 g/mol. The van der Waals surface area contributed by atoms with Crippen LogP contribution in [0, 0.1) is 17.6 Å². The highest BCUT2D eigenvalue weighted by atomic mass is 35.5. The second kappa shape index (κ2) is 12.0. The second-order valence-electron chi connectivity index (χ2n) is 8.86. The smallest absolute Gasteiger partial charge is 0.475 e. The molecule has 0 bridgehead atoms. The van der Waals surface area contributed by atoms with Crippen LogP contribution in [0.4, 0.5) is 33.5 Å². The number of aromatic nitrogens is 2. The van der Waals surface area contributed by atoms with Crippen molar-refractivity contribution in [3.05, 3.63) is 64.9 Å². The van der Waals surface area contributed by atoms with Crippen LogP contribution in [-0.4, -0.2) is 50.7 Å². The van der Waals surface area contributed by atoms with Crippen molar-refractivity contribution in [2.24, 2.45) is 11.7 Å². The first-order valence-corrected chi connectivity index (χ1v) is 12.0. The van der Waals surface area contributed by atoms with Crippen molar-refractivity contribution in [2.75, 3.05) is 18.4 Å². The molecule has 4 N–H and O–H groups in total. The molecule has 39 heavy (non-hydrogen) atoms. The largest absolute Gasteiger partial charge is 0.490 e. The van der Waals surface area contributed by atoms with E-state index in [1.54, 1.807) is 23.1 Å². The summed E-state index contributed by atoms with van der Waals surface area (Å²) in [7, 11) is 0. The maximum Gasteiger partial charge on any atom is 0.490 e. The number of benzene rings is 2. The summed E-state index contributed by atoms with van der Waals surface area (Å²) >= 11 is 5.83. The van der Waals surface area contributed by atoms with E-state index in [-0.39, 0.29) is 35.3 Å². The molecule has 0 aliphatic carbocycles. The molecule has 1 aliphatic heterocycles. The SMILES string of the molecule is CC(C)[C@H]1c2nc(-c3ccc(F)cc3)c(Nc3ccc(Cl)c(F)c3)n2CCN1C(=O)CN.O=C(O)C(F)(F)F. The van der Waals surface area contributed by atoms with Gasteiger partial charge in [0.1, 0.15) is 29.0 Å². The molecule has 2 aromatic carbocycles. The first kappa shape index (κ1) is 29.8. The fraction of sp³-hybridized carbons (Fsp3) is 0.320.